The molecule has 5 heteroatoms. The fraction of sp³-hybridized carbons (Fsp3) is 0.0476. The second-order valence-electron chi connectivity index (χ2n) is 5.81. The number of methoxy groups -OCH3 is 1. The molecule has 0 spiro atoms. The van der Waals surface area contributed by atoms with Crippen LogP contribution in [0.4, 0.5) is 5.69 Å². The number of aromatic hydroxyl groups is 1. The van der Waals surface area contributed by atoms with E-state index in [4.69, 9.17) is 14.7 Å². The Morgan fingerprint density at radius 3 is 2.23 bits per heavy atom. The SMILES string of the molecule is COc1cc(C=Nc2c3ccccc3nc3ccccc23)cc(I)c1O. The average Bonchev–Trinajstić information content (AvgIpc) is 2.67. The summed E-state index contributed by atoms with van der Waals surface area (Å²) in [6.45, 7) is 0. The van der Waals surface area contributed by atoms with Crippen LogP contribution in [0.15, 0.2) is 65.7 Å². The topological polar surface area (TPSA) is 54.7 Å². The van der Waals surface area contributed by atoms with E-state index in [1.54, 1.807) is 12.3 Å². The van der Waals surface area contributed by atoms with E-state index in [0.29, 0.717) is 9.32 Å². The van der Waals surface area contributed by atoms with Gasteiger partial charge < -0.3 is 9.84 Å². The minimum atomic E-state index is 0.144. The number of aliphatic imine (C=N–C) groups is 1. The third-order valence-corrected chi connectivity index (χ3v) is 4.99. The van der Waals surface area contributed by atoms with Crippen molar-refractivity contribution in [3.63, 3.8) is 0 Å². The van der Waals surface area contributed by atoms with Crippen LogP contribution in [0.1, 0.15) is 5.56 Å². The largest absolute Gasteiger partial charge is 0.504 e. The number of ether oxygens (including phenoxy) is 1. The van der Waals surface area contributed by atoms with Crippen LogP contribution in [0.25, 0.3) is 21.8 Å². The molecule has 0 radical (unpaired) electrons. The van der Waals surface area contributed by atoms with E-state index in [1.165, 1.54) is 7.11 Å². The van der Waals surface area contributed by atoms with Crippen LogP contribution >= 0.6 is 22.6 Å². The first-order valence-corrected chi connectivity index (χ1v) is 9.13. The number of phenolic OH excluding ortho intramolecular Hbond substituents is 1. The van der Waals surface area contributed by atoms with Gasteiger partial charge in [-0.1, -0.05) is 36.4 Å². The normalized spacial score (nSPS) is 11.5. The minimum absolute atomic E-state index is 0.144. The van der Waals surface area contributed by atoms with Gasteiger partial charge in [0.1, 0.15) is 0 Å². The zero-order valence-electron chi connectivity index (χ0n) is 14.0. The molecule has 4 rings (SSSR count). The molecule has 4 nitrogen and oxygen atoms in total. The van der Waals surface area contributed by atoms with Crippen LogP contribution in [-0.4, -0.2) is 23.4 Å². The molecule has 0 bridgehead atoms. The number of pyridine rings is 1. The lowest BCUT2D eigenvalue weighted by molar-refractivity contribution is 0.371. The number of hydrogen-bond acceptors (Lipinski definition) is 4. The first-order valence-electron chi connectivity index (χ1n) is 8.05. The average molecular weight is 454 g/mol. The quantitative estimate of drug-likeness (QED) is 0.254. The maximum Gasteiger partial charge on any atom is 0.171 e. The highest BCUT2D eigenvalue weighted by atomic mass is 127. The van der Waals surface area contributed by atoms with Crippen molar-refractivity contribution in [3.05, 3.63) is 69.8 Å². The first kappa shape index (κ1) is 16.8. The van der Waals surface area contributed by atoms with Crippen LogP contribution in [0.3, 0.4) is 0 Å². The van der Waals surface area contributed by atoms with Gasteiger partial charge in [0.05, 0.1) is 27.4 Å². The van der Waals surface area contributed by atoms with Gasteiger partial charge in [-0.05, 0) is 52.4 Å². The van der Waals surface area contributed by atoms with Gasteiger partial charge >= 0.3 is 0 Å². The second-order valence-corrected chi connectivity index (χ2v) is 6.97. The van der Waals surface area contributed by atoms with Crippen LogP contribution in [0.5, 0.6) is 11.5 Å². The number of para-hydroxylation sites is 2. The molecule has 0 saturated carbocycles. The summed E-state index contributed by atoms with van der Waals surface area (Å²) >= 11 is 2.08. The third-order valence-electron chi connectivity index (χ3n) is 4.17. The molecule has 0 aliphatic rings. The summed E-state index contributed by atoms with van der Waals surface area (Å²) in [5, 5.41) is 12.0. The van der Waals surface area contributed by atoms with E-state index in [0.717, 1.165) is 33.1 Å². The lowest BCUT2D eigenvalue weighted by atomic mass is 10.1. The fourth-order valence-corrected chi connectivity index (χ4v) is 3.55. The Kier molecular flexibility index (Phi) is 4.46. The number of fused-ring (bicyclic) bond motifs is 2. The molecule has 0 unspecified atom stereocenters. The lowest BCUT2D eigenvalue weighted by Crippen LogP contribution is -1.90. The summed E-state index contributed by atoms with van der Waals surface area (Å²) in [5.41, 5.74) is 3.56. The van der Waals surface area contributed by atoms with E-state index in [9.17, 15) is 5.11 Å². The standard InChI is InChI=1S/C21H15IN2O2/c1-26-19-11-13(10-16(22)21(19)25)12-23-20-14-6-2-4-8-17(14)24-18-9-5-3-7-15(18)20/h2-12,25H,1H3. The number of rotatable bonds is 3. The smallest absolute Gasteiger partial charge is 0.171 e. The molecular formula is C21H15IN2O2. The molecule has 0 saturated heterocycles. The summed E-state index contributed by atoms with van der Waals surface area (Å²) < 4.78 is 5.95. The monoisotopic (exact) mass is 454 g/mol. The molecule has 128 valence electrons. The Hall–Kier alpha value is -2.67. The van der Waals surface area contributed by atoms with Gasteiger partial charge in [0.25, 0.3) is 0 Å². The summed E-state index contributed by atoms with van der Waals surface area (Å²) in [7, 11) is 1.54. The van der Waals surface area contributed by atoms with E-state index >= 15 is 0 Å². The Labute approximate surface area is 164 Å². The second kappa shape index (κ2) is 6.92. The highest BCUT2D eigenvalue weighted by Gasteiger charge is 2.09. The molecule has 0 fully saturated rings. The Morgan fingerprint density at radius 1 is 1.00 bits per heavy atom. The molecule has 3 aromatic carbocycles. The van der Waals surface area contributed by atoms with Crippen molar-refractivity contribution in [1.29, 1.82) is 0 Å². The van der Waals surface area contributed by atoms with Gasteiger partial charge in [-0.15, -0.1) is 0 Å². The molecule has 1 N–H and O–H groups in total. The predicted molar refractivity (Wildman–Crippen MR) is 114 cm³/mol. The first-order chi connectivity index (χ1) is 12.7. The number of halogens is 1. The molecule has 0 aliphatic carbocycles. The molecule has 0 aliphatic heterocycles. The lowest BCUT2D eigenvalue weighted by Gasteiger charge is -2.08. The van der Waals surface area contributed by atoms with Gasteiger partial charge in [0, 0.05) is 17.0 Å². The molecule has 26 heavy (non-hydrogen) atoms. The molecule has 1 aromatic heterocycles. The summed E-state index contributed by atoms with van der Waals surface area (Å²) in [6.07, 6.45) is 1.79. The zero-order chi connectivity index (χ0) is 18.1. The molecular weight excluding hydrogens is 439 g/mol. The Bertz CT molecular complexity index is 1100. The van der Waals surface area contributed by atoms with Crippen LogP contribution in [0.2, 0.25) is 0 Å². The van der Waals surface area contributed by atoms with Gasteiger partial charge in [-0.25, -0.2) is 4.98 Å². The third kappa shape index (κ3) is 2.99. The van der Waals surface area contributed by atoms with E-state index < -0.39 is 0 Å². The Morgan fingerprint density at radius 2 is 1.62 bits per heavy atom. The van der Waals surface area contributed by atoms with Crippen LogP contribution < -0.4 is 4.74 Å². The summed E-state index contributed by atoms with van der Waals surface area (Å²) in [4.78, 5) is 9.49. The number of aromatic nitrogens is 1. The minimum Gasteiger partial charge on any atom is -0.504 e. The molecule has 0 atom stereocenters. The molecule has 1 heterocycles. The summed E-state index contributed by atoms with van der Waals surface area (Å²) in [5.74, 6) is 0.577. The maximum absolute atomic E-state index is 10.0. The Balaban J connectivity index is 1.91. The molecule has 4 aromatic rings. The van der Waals surface area contributed by atoms with Crippen LogP contribution in [0, 0.1) is 3.57 Å². The predicted octanol–water partition coefficient (Wildman–Crippen LogP) is 5.46. The van der Waals surface area contributed by atoms with E-state index in [-0.39, 0.29) is 5.75 Å². The fourth-order valence-electron chi connectivity index (χ4n) is 2.92. The number of nitrogens with zero attached hydrogens (tertiary/aromatic N) is 2. The van der Waals surface area contributed by atoms with Crippen molar-refractivity contribution in [1.82, 2.24) is 4.98 Å². The van der Waals surface area contributed by atoms with Gasteiger partial charge in [0.2, 0.25) is 0 Å². The van der Waals surface area contributed by atoms with E-state index in [1.807, 2.05) is 54.6 Å². The van der Waals surface area contributed by atoms with Gasteiger partial charge in [0.15, 0.2) is 11.5 Å². The van der Waals surface area contributed by atoms with Gasteiger partial charge in [-0.3, -0.25) is 4.99 Å². The molecule has 0 amide bonds. The van der Waals surface area contributed by atoms with Crippen molar-refractivity contribution in [2.75, 3.05) is 7.11 Å². The van der Waals surface area contributed by atoms with Crippen molar-refractivity contribution in [2.24, 2.45) is 4.99 Å². The number of phenols is 1. The van der Waals surface area contributed by atoms with Crippen LogP contribution in [-0.2, 0) is 0 Å². The van der Waals surface area contributed by atoms with Crippen molar-refractivity contribution in [3.8, 4) is 11.5 Å². The van der Waals surface area contributed by atoms with Crippen molar-refractivity contribution < 1.29 is 9.84 Å². The zero-order valence-corrected chi connectivity index (χ0v) is 16.1. The van der Waals surface area contributed by atoms with Gasteiger partial charge in [-0.2, -0.15) is 0 Å². The summed E-state index contributed by atoms with van der Waals surface area (Å²) in [6, 6.07) is 19.6. The highest BCUT2D eigenvalue weighted by molar-refractivity contribution is 14.1. The van der Waals surface area contributed by atoms with E-state index in [2.05, 4.69) is 22.6 Å². The maximum atomic E-state index is 10.0. The van der Waals surface area contributed by atoms with Crippen molar-refractivity contribution >= 4 is 56.3 Å². The highest BCUT2D eigenvalue weighted by Crippen LogP contribution is 2.34. The van der Waals surface area contributed by atoms with Crippen molar-refractivity contribution in [2.45, 2.75) is 0 Å². The number of benzene rings is 3. The number of hydrogen-bond donors (Lipinski definition) is 1.